The van der Waals surface area contributed by atoms with Crippen LogP contribution in [0.2, 0.25) is 0 Å². The van der Waals surface area contributed by atoms with Gasteiger partial charge >= 0.3 is 6.09 Å². The molecule has 2 unspecified atom stereocenters. The van der Waals surface area contributed by atoms with Crippen LogP contribution in [0.1, 0.15) is 39.7 Å². The molecular weight excluding hydrogens is 282 g/mol. The first kappa shape index (κ1) is 18.5. The molecule has 3 atom stereocenters. The molecule has 22 heavy (non-hydrogen) atoms. The first-order valence-corrected chi connectivity index (χ1v) is 7.57. The average molecular weight is 309 g/mol. The van der Waals surface area contributed by atoms with Crippen LogP contribution in [0.15, 0.2) is 30.3 Å². The van der Waals surface area contributed by atoms with Crippen LogP contribution < -0.4 is 5.32 Å². The highest BCUT2D eigenvalue weighted by atomic mass is 16.6. The minimum atomic E-state index is -0.854. The highest BCUT2D eigenvalue weighted by molar-refractivity contribution is 5.68. The highest BCUT2D eigenvalue weighted by Crippen LogP contribution is 2.12. The van der Waals surface area contributed by atoms with Crippen molar-refractivity contribution in [1.29, 1.82) is 0 Å². The van der Waals surface area contributed by atoms with Crippen molar-refractivity contribution in [1.82, 2.24) is 5.32 Å². The molecule has 0 fully saturated rings. The molecule has 0 aliphatic rings. The fourth-order valence-corrected chi connectivity index (χ4v) is 2.12. The van der Waals surface area contributed by atoms with E-state index in [4.69, 9.17) is 4.74 Å². The predicted octanol–water partition coefficient (Wildman–Crippen LogP) is 2.25. The maximum Gasteiger partial charge on any atom is 0.407 e. The van der Waals surface area contributed by atoms with Gasteiger partial charge in [-0.25, -0.2) is 4.79 Å². The number of benzene rings is 1. The highest BCUT2D eigenvalue weighted by Gasteiger charge is 2.25. The molecule has 3 N–H and O–H groups in total. The third-order valence-electron chi connectivity index (χ3n) is 3.05. The molecule has 0 saturated heterocycles. The van der Waals surface area contributed by atoms with E-state index in [1.807, 2.05) is 30.3 Å². The summed E-state index contributed by atoms with van der Waals surface area (Å²) in [5.74, 6) is 0. The summed E-state index contributed by atoms with van der Waals surface area (Å²) in [6.45, 7) is 6.96. The summed E-state index contributed by atoms with van der Waals surface area (Å²) < 4.78 is 5.24. The fourth-order valence-electron chi connectivity index (χ4n) is 2.12. The molecule has 1 aromatic rings. The Morgan fingerprint density at radius 3 is 2.32 bits per heavy atom. The number of alkyl carbamates (subject to hydrolysis) is 1. The molecular formula is C17H27NO4. The Bertz CT molecular complexity index is 453. The first-order valence-electron chi connectivity index (χ1n) is 7.57. The van der Waals surface area contributed by atoms with Crippen LogP contribution >= 0.6 is 0 Å². The Labute approximate surface area is 132 Å². The Kier molecular flexibility index (Phi) is 6.84. The number of aliphatic hydroxyl groups excluding tert-OH is 2. The quantitative estimate of drug-likeness (QED) is 0.753. The number of carbonyl (C=O) groups is 1. The van der Waals surface area contributed by atoms with E-state index in [1.165, 1.54) is 0 Å². The number of rotatable bonds is 6. The zero-order valence-electron chi connectivity index (χ0n) is 13.7. The van der Waals surface area contributed by atoms with E-state index in [9.17, 15) is 15.0 Å². The summed E-state index contributed by atoms with van der Waals surface area (Å²) in [5, 5.41) is 22.4. The zero-order chi connectivity index (χ0) is 16.8. The molecule has 0 saturated carbocycles. The minimum absolute atomic E-state index is 0.188. The zero-order valence-corrected chi connectivity index (χ0v) is 13.7. The van der Waals surface area contributed by atoms with Crippen molar-refractivity contribution < 1.29 is 19.7 Å². The molecule has 0 radical (unpaired) electrons. The normalized spacial score (nSPS) is 15.7. The van der Waals surface area contributed by atoms with E-state index >= 15 is 0 Å². The van der Waals surface area contributed by atoms with Gasteiger partial charge in [0, 0.05) is 6.42 Å². The Balaban J connectivity index is 2.75. The molecule has 1 rings (SSSR count). The number of hydrogen-bond acceptors (Lipinski definition) is 4. The number of nitrogens with one attached hydrogen (secondary N) is 1. The lowest BCUT2D eigenvalue weighted by Gasteiger charge is -2.27. The van der Waals surface area contributed by atoms with Crippen molar-refractivity contribution in [2.24, 2.45) is 0 Å². The number of aliphatic hydroxyl groups is 2. The molecule has 124 valence electrons. The van der Waals surface area contributed by atoms with E-state index in [-0.39, 0.29) is 6.42 Å². The van der Waals surface area contributed by atoms with Gasteiger partial charge in [0.2, 0.25) is 0 Å². The molecule has 5 heteroatoms. The van der Waals surface area contributed by atoms with E-state index < -0.39 is 29.9 Å². The number of hydrogen-bond donors (Lipinski definition) is 3. The molecule has 0 aliphatic carbocycles. The van der Waals surface area contributed by atoms with Crippen molar-refractivity contribution in [3.8, 4) is 0 Å². The van der Waals surface area contributed by atoms with Gasteiger partial charge in [-0.2, -0.15) is 0 Å². The van der Waals surface area contributed by atoms with Gasteiger partial charge in [0.15, 0.2) is 0 Å². The molecule has 1 aromatic carbocycles. The van der Waals surface area contributed by atoms with Crippen LogP contribution in [-0.2, 0) is 11.2 Å². The summed E-state index contributed by atoms with van der Waals surface area (Å²) in [4.78, 5) is 11.9. The van der Waals surface area contributed by atoms with Crippen molar-refractivity contribution in [2.75, 3.05) is 0 Å². The Morgan fingerprint density at radius 1 is 1.23 bits per heavy atom. The van der Waals surface area contributed by atoms with Gasteiger partial charge in [-0.05, 0) is 39.7 Å². The standard InChI is InChI=1S/C17H27NO4/c1-12(19)10-15(20)14(11-13-8-6-5-7-9-13)18-16(21)22-17(2,3)4/h5-9,12,14-15,19-20H,10-11H2,1-4H3,(H,18,21)/t12?,14-,15?/m0/s1. The smallest absolute Gasteiger partial charge is 0.407 e. The average Bonchev–Trinajstić information content (AvgIpc) is 2.36. The fraction of sp³-hybridized carbons (Fsp3) is 0.588. The molecule has 0 aliphatic heterocycles. The van der Waals surface area contributed by atoms with Crippen LogP contribution in [0.5, 0.6) is 0 Å². The monoisotopic (exact) mass is 309 g/mol. The van der Waals surface area contributed by atoms with Crippen molar-refractivity contribution in [3.05, 3.63) is 35.9 Å². The number of ether oxygens (including phenoxy) is 1. The second-order valence-corrected chi connectivity index (χ2v) is 6.59. The lowest BCUT2D eigenvalue weighted by Crippen LogP contribution is -2.47. The second kappa shape index (κ2) is 8.15. The summed E-state index contributed by atoms with van der Waals surface area (Å²) in [6, 6.07) is 9.05. The largest absolute Gasteiger partial charge is 0.444 e. The van der Waals surface area contributed by atoms with E-state index in [0.29, 0.717) is 6.42 Å². The topological polar surface area (TPSA) is 78.8 Å². The van der Waals surface area contributed by atoms with Crippen LogP contribution in [0.25, 0.3) is 0 Å². The predicted molar refractivity (Wildman–Crippen MR) is 85.6 cm³/mol. The van der Waals surface area contributed by atoms with Crippen molar-refractivity contribution >= 4 is 6.09 Å². The molecule has 1 amide bonds. The maximum absolute atomic E-state index is 11.9. The lowest BCUT2D eigenvalue weighted by molar-refractivity contribution is 0.0330. The number of amides is 1. The Morgan fingerprint density at radius 2 is 1.82 bits per heavy atom. The lowest BCUT2D eigenvalue weighted by atomic mass is 9.98. The van der Waals surface area contributed by atoms with E-state index in [2.05, 4.69) is 5.32 Å². The Hall–Kier alpha value is -1.59. The molecule has 0 aromatic heterocycles. The van der Waals surface area contributed by atoms with Gasteiger partial charge in [-0.15, -0.1) is 0 Å². The second-order valence-electron chi connectivity index (χ2n) is 6.59. The van der Waals surface area contributed by atoms with E-state index in [0.717, 1.165) is 5.56 Å². The maximum atomic E-state index is 11.9. The van der Waals surface area contributed by atoms with Gasteiger partial charge in [0.25, 0.3) is 0 Å². The summed E-state index contributed by atoms with van der Waals surface area (Å²) in [7, 11) is 0. The summed E-state index contributed by atoms with van der Waals surface area (Å²) in [6.07, 6.45) is -1.42. The SMILES string of the molecule is CC(O)CC(O)[C@H](Cc1ccccc1)NC(=O)OC(C)(C)C. The van der Waals surface area contributed by atoms with Gasteiger partial charge in [-0.1, -0.05) is 30.3 Å². The van der Waals surface area contributed by atoms with E-state index in [1.54, 1.807) is 27.7 Å². The van der Waals surface area contributed by atoms with Crippen LogP contribution in [0, 0.1) is 0 Å². The molecule has 5 nitrogen and oxygen atoms in total. The third kappa shape index (κ3) is 7.43. The molecule has 0 heterocycles. The van der Waals surface area contributed by atoms with Gasteiger partial charge in [-0.3, -0.25) is 0 Å². The van der Waals surface area contributed by atoms with Crippen LogP contribution in [-0.4, -0.2) is 40.2 Å². The van der Waals surface area contributed by atoms with Crippen molar-refractivity contribution in [3.63, 3.8) is 0 Å². The van der Waals surface area contributed by atoms with Crippen LogP contribution in [0.4, 0.5) is 4.79 Å². The summed E-state index contributed by atoms with van der Waals surface area (Å²) in [5.41, 5.74) is 0.393. The van der Waals surface area contributed by atoms with Crippen LogP contribution in [0.3, 0.4) is 0 Å². The molecule has 0 bridgehead atoms. The van der Waals surface area contributed by atoms with Crippen molar-refractivity contribution in [2.45, 2.75) is 64.4 Å². The minimum Gasteiger partial charge on any atom is -0.444 e. The third-order valence-corrected chi connectivity index (χ3v) is 3.05. The summed E-state index contributed by atoms with van der Waals surface area (Å²) >= 11 is 0. The van der Waals surface area contributed by atoms with Gasteiger partial charge in [0.05, 0.1) is 18.2 Å². The number of carbonyl (C=O) groups excluding carboxylic acids is 1. The van der Waals surface area contributed by atoms with Gasteiger partial charge in [0.1, 0.15) is 5.60 Å². The van der Waals surface area contributed by atoms with Gasteiger partial charge < -0.3 is 20.3 Å². The molecule has 0 spiro atoms. The first-order chi connectivity index (χ1) is 10.2.